The molecule has 1 aliphatic heterocycles. The number of carbonyl (C=O) groups excluding carboxylic acids is 3. The monoisotopic (exact) mass is 508 g/mol. The van der Waals surface area contributed by atoms with Crippen molar-refractivity contribution in [2.75, 3.05) is 11.9 Å². The van der Waals surface area contributed by atoms with E-state index in [2.05, 4.69) is 20.9 Å². The number of ether oxygens (including phenoxy) is 1. The van der Waals surface area contributed by atoms with Crippen molar-refractivity contribution in [2.24, 2.45) is 0 Å². The zero-order chi connectivity index (χ0) is 24.8. The SMILES string of the molecule is CCOC(=O)c1nc(C)c(C2=CSC(NC(=O)Cc3cccc(NC(=O)c4ccccc4)c3)N2)s1. The zero-order valence-corrected chi connectivity index (χ0v) is 20.8. The van der Waals surface area contributed by atoms with Crippen molar-refractivity contribution in [3.63, 3.8) is 0 Å². The Bertz CT molecular complexity index is 1270. The van der Waals surface area contributed by atoms with E-state index in [1.54, 1.807) is 49.4 Å². The van der Waals surface area contributed by atoms with Gasteiger partial charge in [-0.2, -0.15) is 0 Å². The summed E-state index contributed by atoms with van der Waals surface area (Å²) in [5.74, 6) is -0.809. The summed E-state index contributed by atoms with van der Waals surface area (Å²) < 4.78 is 5.03. The second kappa shape index (κ2) is 11.2. The Morgan fingerprint density at radius 2 is 1.91 bits per heavy atom. The van der Waals surface area contributed by atoms with E-state index in [0.717, 1.165) is 21.8 Å². The highest BCUT2D eigenvalue weighted by molar-refractivity contribution is 8.03. The molecule has 2 aromatic carbocycles. The van der Waals surface area contributed by atoms with Crippen LogP contribution in [0, 0.1) is 6.92 Å². The van der Waals surface area contributed by atoms with Gasteiger partial charge in [0.2, 0.25) is 10.9 Å². The molecule has 0 radical (unpaired) electrons. The molecule has 0 saturated carbocycles. The van der Waals surface area contributed by atoms with Crippen molar-refractivity contribution in [2.45, 2.75) is 25.8 Å². The van der Waals surface area contributed by atoms with E-state index in [9.17, 15) is 14.4 Å². The molecule has 8 nitrogen and oxygen atoms in total. The Morgan fingerprint density at radius 1 is 1.11 bits per heavy atom. The van der Waals surface area contributed by atoms with Crippen LogP contribution in [0.1, 0.15) is 43.2 Å². The van der Waals surface area contributed by atoms with Crippen molar-refractivity contribution < 1.29 is 19.1 Å². The topological polar surface area (TPSA) is 109 Å². The number of benzene rings is 2. The Hall–Kier alpha value is -3.63. The summed E-state index contributed by atoms with van der Waals surface area (Å²) in [5, 5.41) is 11.3. The average Bonchev–Trinajstić information content (AvgIpc) is 3.46. The summed E-state index contributed by atoms with van der Waals surface area (Å²) in [6, 6.07) is 16.2. The largest absolute Gasteiger partial charge is 0.461 e. The number of aryl methyl sites for hydroxylation is 1. The van der Waals surface area contributed by atoms with Gasteiger partial charge in [-0.3, -0.25) is 9.59 Å². The number of carbonyl (C=O) groups is 3. The highest BCUT2D eigenvalue weighted by Crippen LogP contribution is 2.32. The van der Waals surface area contributed by atoms with Crippen molar-refractivity contribution in [1.29, 1.82) is 0 Å². The summed E-state index contributed by atoms with van der Waals surface area (Å²) in [4.78, 5) is 42.1. The molecule has 2 amide bonds. The van der Waals surface area contributed by atoms with Gasteiger partial charge in [-0.25, -0.2) is 9.78 Å². The Kier molecular flexibility index (Phi) is 7.84. The lowest BCUT2D eigenvalue weighted by Gasteiger charge is -2.15. The minimum atomic E-state index is -0.440. The minimum absolute atomic E-state index is 0.162. The Labute approximate surface area is 211 Å². The quantitative estimate of drug-likeness (QED) is 0.392. The van der Waals surface area contributed by atoms with Gasteiger partial charge in [0.25, 0.3) is 5.91 Å². The van der Waals surface area contributed by atoms with Crippen molar-refractivity contribution in [3.8, 4) is 0 Å². The van der Waals surface area contributed by atoms with Crippen LogP contribution >= 0.6 is 23.1 Å². The summed E-state index contributed by atoms with van der Waals surface area (Å²) in [6.07, 6.45) is 0.162. The molecule has 35 heavy (non-hydrogen) atoms. The molecule has 4 rings (SSSR count). The van der Waals surface area contributed by atoms with Gasteiger partial charge in [0.15, 0.2) is 5.50 Å². The first-order chi connectivity index (χ1) is 16.9. The lowest BCUT2D eigenvalue weighted by molar-refractivity contribution is -0.120. The van der Waals surface area contributed by atoms with Crippen molar-refractivity contribution in [3.05, 3.63) is 86.7 Å². The van der Waals surface area contributed by atoms with Crippen LogP contribution in [0.2, 0.25) is 0 Å². The van der Waals surface area contributed by atoms with Crippen LogP contribution in [0.15, 0.2) is 60.0 Å². The highest BCUT2D eigenvalue weighted by atomic mass is 32.2. The molecule has 3 N–H and O–H groups in total. The van der Waals surface area contributed by atoms with E-state index in [-0.39, 0.29) is 23.7 Å². The number of anilines is 1. The molecular formula is C25H24N4O4S2. The van der Waals surface area contributed by atoms with Crippen LogP contribution in [0.4, 0.5) is 5.69 Å². The number of aromatic nitrogens is 1. The molecule has 1 atom stereocenters. The molecule has 180 valence electrons. The third-order valence-corrected chi connectivity index (χ3v) is 7.03. The minimum Gasteiger partial charge on any atom is -0.461 e. The fourth-order valence-electron chi connectivity index (χ4n) is 3.40. The van der Waals surface area contributed by atoms with E-state index in [1.165, 1.54) is 23.1 Å². The van der Waals surface area contributed by atoms with E-state index in [0.29, 0.717) is 22.9 Å². The molecule has 1 aromatic heterocycles. The van der Waals surface area contributed by atoms with Crippen molar-refractivity contribution >= 4 is 52.3 Å². The first-order valence-corrected chi connectivity index (χ1v) is 12.7. The van der Waals surface area contributed by atoms with E-state index < -0.39 is 5.97 Å². The second-order valence-electron chi connectivity index (χ2n) is 7.61. The standard InChI is InChI=1S/C25H24N4O4S2/c1-3-33-24(32)23-26-15(2)21(35-23)19-14-34-25(28-19)29-20(30)13-16-8-7-11-18(12-16)27-22(31)17-9-5-4-6-10-17/h4-12,14,25,28H,3,13H2,1-2H3,(H,27,31)(H,29,30). The molecular weight excluding hydrogens is 484 g/mol. The number of nitrogens with one attached hydrogen (secondary N) is 3. The van der Waals surface area contributed by atoms with Crippen LogP contribution in [0.25, 0.3) is 5.70 Å². The molecule has 1 aliphatic rings. The number of hydrogen-bond acceptors (Lipinski definition) is 8. The van der Waals surface area contributed by atoms with E-state index >= 15 is 0 Å². The lowest BCUT2D eigenvalue weighted by atomic mass is 10.1. The number of thiazole rings is 1. The molecule has 0 aliphatic carbocycles. The van der Waals surface area contributed by atoms with Crippen LogP contribution in [0.3, 0.4) is 0 Å². The van der Waals surface area contributed by atoms with Gasteiger partial charge < -0.3 is 20.7 Å². The molecule has 1 unspecified atom stereocenters. The summed E-state index contributed by atoms with van der Waals surface area (Å²) in [5.41, 5.74) is 3.15. The Balaban J connectivity index is 1.31. The lowest BCUT2D eigenvalue weighted by Crippen LogP contribution is -2.40. The Morgan fingerprint density at radius 3 is 2.69 bits per heavy atom. The van der Waals surface area contributed by atoms with Crippen molar-refractivity contribution in [1.82, 2.24) is 15.6 Å². The predicted octanol–water partition coefficient (Wildman–Crippen LogP) is 4.16. The third-order valence-electron chi connectivity index (χ3n) is 4.98. The molecule has 3 aromatic rings. The smallest absolute Gasteiger partial charge is 0.367 e. The molecule has 0 bridgehead atoms. The summed E-state index contributed by atoms with van der Waals surface area (Å²) in [6.45, 7) is 3.87. The molecule has 0 fully saturated rings. The molecule has 10 heteroatoms. The fraction of sp³-hybridized carbons (Fsp3) is 0.200. The van der Waals surface area contributed by atoms with Crippen LogP contribution in [-0.4, -0.2) is 34.9 Å². The maximum Gasteiger partial charge on any atom is 0.367 e. The summed E-state index contributed by atoms with van der Waals surface area (Å²) >= 11 is 2.69. The molecule has 2 heterocycles. The fourth-order valence-corrected chi connectivity index (χ4v) is 5.26. The maximum absolute atomic E-state index is 12.7. The highest BCUT2D eigenvalue weighted by Gasteiger charge is 2.24. The second-order valence-corrected chi connectivity index (χ2v) is 9.59. The van der Waals surface area contributed by atoms with Gasteiger partial charge in [0, 0.05) is 11.3 Å². The number of thioether (sulfide) groups is 1. The first-order valence-electron chi connectivity index (χ1n) is 10.9. The summed E-state index contributed by atoms with van der Waals surface area (Å²) in [7, 11) is 0. The number of rotatable bonds is 8. The predicted molar refractivity (Wildman–Crippen MR) is 138 cm³/mol. The van der Waals surface area contributed by atoms with Gasteiger partial charge in [-0.15, -0.1) is 11.3 Å². The normalized spacial score (nSPS) is 14.6. The van der Waals surface area contributed by atoms with Crippen LogP contribution < -0.4 is 16.0 Å². The number of esters is 1. The van der Waals surface area contributed by atoms with Gasteiger partial charge in [-0.05, 0) is 49.1 Å². The third kappa shape index (κ3) is 6.28. The number of nitrogens with zero attached hydrogens (tertiary/aromatic N) is 1. The van der Waals surface area contributed by atoms with E-state index in [1.807, 2.05) is 24.5 Å². The number of hydrogen-bond donors (Lipinski definition) is 3. The molecule has 0 spiro atoms. The van der Waals surface area contributed by atoms with Gasteiger partial charge in [0.05, 0.1) is 29.3 Å². The van der Waals surface area contributed by atoms with Gasteiger partial charge in [0.1, 0.15) is 0 Å². The van der Waals surface area contributed by atoms with E-state index in [4.69, 9.17) is 4.74 Å². The van der Waals surface area contributed by atoms with Crippen LogP contribution in [0.5, 0.6) is 0 Å². The molecule has 0 saturated heterocycles. The van der Waals surface area contributed by atoms with Crippen LogP contribution in [-0.2, 0) is 16.0 Å². The maximum atomic E-state index is 12.7. The van der Waals surface area contributed by atoms with Gasteiger partial charge >= 0.3 is 5.97 Å². The average molecular weight is 509 g/mol. The number of amides is 2. The zero-order valence-electron chi connectivity index (χ0n) is 19.2. The first kappa shape index (κ1) is 24.5. The van der Waals surface area contributed by atoms with Gasteiger partial charge in [-0.1, -0.05) is 42.1 Å².